The van der Waals surface area contributed by atoms with E-state index >= 15 is 0 Å². The number of carbonyl (C=O) groups excluding carboxylic acids is 3. The van der Waals surface area contributed by atoms with E-state index in [0.717, 1.165) is 6.08 Å². The topological polar surface area (TPSA) is 107 Å². The molecule has 0 unspecified atom stereocenters. The van der Waals surface area contributed by atoms with Crippen molar-refractivity contribution >= 4 is 17.9 Å². The Morgan fingerprint density at radius 1 is 1.00 bits per heavy atom. The van der Waals surface area contributed by atoms with Crippen molar-refractivity contribution in [3.63, 3.8) is 0 Å². The molecule has 0 saturated carbocycles. The zero-order valence-electron chi connectivity index (χ0n) is 20.3. The molecule has 0 spiro atoms. The van der Waals surface area contributed by atoms with Crippen LogP contribution in [-0.2, 0) is 42.8 Å². The van der Waals surface area contributed by atoms with Gasteiger partial charge in [-0.25, -0.2) is 9.59 Å². The third-order valence-corrected chi connectivity index (χ3v) is 4.49. The van der Waals surface area contributed by atoms with Crippen molar-refractivity contribution < 1.29 is 42.8 Å². The van der Waals surface area contributed by atoms with Crippen LogP contribution in [0.3, 0.4) is 0 Å². The van der Waals surface area contributed by atoms with Crippen LogP contribution in [-0.4, -0.2) is 63.8 Å². The maximum atomic E-state index is 12.7. The van der Waals surface area contributed by atoms with E-state index < -0.39 is 36.2 Å². The summed E-state index contributed by atoms with van der Waals surface area (Å²) in [6.07, 6.45) is 3.14. The molecule has 0 saturated heterocycles. The van der Waals surface area contributed by atoms with Crippen LogP contribution in [0.2, 0.25) is 0 Å². The summed E-state index contributed by atoms with van der Waals surface area (Å²) in [4.78, 5) is 36.3. The molecule has 0 aliphatic carbocycles. The summed E-state index contributed by atoms with van der Waals surface area (Å²) in [5, 5.41) is 0. The number of ether oxygens (including phenoxy) is 6. The normalized spacial score (nSPS) is 13.4. The van der Waals surface area contributed by atoms with E-state index in [1.165, 1.54) is 12.2 Å². The molecule has 0 N–H and O–H groups in total. The van der Waals surface area contributed by atoms with Crippen LogP contribution in [0.5, 0.6) is 0 Å². The molecule has 9 heteroatoms. The van der Waals surface area contributed by atoms with Crippen molar-refractivity contribution in [1.29, 1.82) is 0 Å². The summed E-state index contributed by atoms with van der Waals surface area (Å²) in [6.45, 7) is 9.33. The van der Waals surface area contributed by atoms with E-state index in [1.54, 1.807) is 44.4 Å². The number of carbonyl (C=O) groups is 3. The van der Waals surface area contributed by atoms with Gasteiger partial charge in [0.1, 0.15) is 25.1 Å². The standard InChI is InChI=1S/C26H34O9/c1-5-7-15-32-25(28)14-13-22(33-19-31-17-16-30-4)20(3)34-26(29)18-23(35-24(27)6-2)21-11-9-8-10-12-21/h5-6,8-14,20,22-23H,1-2,7,15-19H2,3-4H3/b14-13+/t20-,22+,23-/m0/s1. The van der Waals surface area contributed by atoms with Gasteiger partial charge >= 0.3 is 17.9 Å². The number of hydrogen-bond acceptors (Lipinski definition) is 9. The Bertz CT molecular complexity index is 819. The van der Waals surface area contributed by atoms with Gasteiger partial charge in [0.05, 0.1) is 26.2 Å². The van der Waals surface area contributed by atoms with Crippen molar-refractivity contribution in [3.8, 4) is 0 Å². The van der Waals surface area contributed by atoms with E-state index in [2.05, 4.69) is 13.2 Å². The Morgan fingerprint density at radius 3 is 2.40 bits per heavy atom. The number of hydrogen-bond donors (Lipinski definition) is 0. The molecule has 1 aromatic rings. The van der Waals surface area contributed by atoms with Crippen LogP contribution in [0.1, 0.15) is 31.4 Å². The molecule has 0 bridgehead atoms. The Labute approximate surface area is 206 Å². The first-order chi connectivity index (χ1) is 16.9. The largest absolute Gasteiger partial charge is 0.462 e. The molecule has 0 aromatic heterocycles. The number of benzene rings is 1. The second-order valence-corrected chi connectivity index (χ2v) is 7.19. The minimum atomic E-state index is -0.853. The van der Waals surface area contributed by atoms with Crippen molar-refractivity contribution in [2.45, 2.75) is 38.1 Å². The van der Waals surface area contributed by atoms with Gasteiger partial charge in [0, 0.05) is 19.3 Å². The van der Waals surface area contributed by atoms with Gasteiger partial charge in [0.25, 0.3) is 0 Å². The summed E-state index contributed by atoms with van der Waals surface area (Å²) in [5.41, 5.74) is 0.633. The maximum absolute atomic E-state index is 12.7. The fourth-order valence-corrected chi connectivity index (χ4v) is 2.70. The molecule has 1 aromatic carbocycles. The molecule has 0 aliphatic heterocycles. The highest BCUT2D eigenvalue weighted by Crippen LogP contribution is 2.23. The highest BCUT2D eigenvalue weighted by molar-refractivity contribution is 5.82. The predicted molar refractivity (Wildman–Crippen MR) is 128 cm³/mol. The highest BCUT2D eigenvalue weighted by atomic mass is 16.7. The van der Waals surface area contributed by atoms with Crippen molar-refractivity contribution in [3.05, 3.63) is 73.4 Å². The van der Waals surface area contributed by atoms with Gasteiger partial charge in [-0.3, -0.25) is 4.79 Å². The van der Waals surface area contributed by atoms with Crippen LogP contribution in [0.4, 0.5) is 0 Å². The number of rotatable bonds is 18. The third kappa shape index (κ3) is 13.3. The fraction of sp³-hybridized carbons (Fsp3) is 0.423. The molecule has 0 fully saturated rings. The monoisotopic (exact) mass is 490 g/mol. The lowest BCUT2D eigenvalue weighted by Crippen LogP contribution is -2.31. The minimum Gasteiger partial charge on any atom is -0.462 e. The summed E-state index contributed by atoms with van der Waals surface area (Å²) < 4.78 is 31.7. The lowest BCUT2D eigenvalue weighted by atomic mass is 10.1. The Kier molecular flexibility index (Phi) is 15.4. The average molecular weight is 491 g/mol. The van der Waals surface area contributed by atoms with Crippen LogP contribution in [0.25, 0.3) is 0 Å². The molecule has 0 radical (unpaired) electrons. The number of methoxy groups -OCH3 is 1. The summed E-state index contributed by atoms with van der Waals surface area (Å²) in [7, 11) is 1.55. The lowest BCUT2D eigenvalue weighted by Gasteiger charge is -2.23. The SMILES string of the molecule is C=CCCOC(=O)/C=C/[C@@H](OCOCCOC)[C@H](C)OC(=O)C[C@H](OC(=O)C=C)c1ccccc1. The third-order valence-electron chi connectivity index (χ3n) is 4.49. The first-order valence-electron chi connectivity index (χ1n) is 11.1. The highest BCUT2D eigenvalue weighted by Gasteiger charge is 2.25. The van der Waals surface area contributed by atoms with Crippen LogP contribution >= 0.6 is 0 Å². The van der Waals surface area contributed by atoms with Gasteiger partial charge in [0.2, 0.25) is 0 Å². The van der Waals surface area contributed by atoms with Crippen LogP contribution < -0.4 is 0 Å². The van der Waals surface area contributed by atoms with E-state index in [1.807, 2.05) is 6.07 Å². The van der Waals surface area contributed by atoms with Gasteiger partial charge in [-0.15, -0.1) is 6.58 Å². The smallest absolute Gasteiger partial charge is 0.330 e. The molecule has 3 atom stereocenters. The quantitative estimate of drug-likeness (QED) is 0.0763. The molecule has 35 heavy (non-hydrogen) atoms. The van der Waals surface area contributed by atoms with Crippen LogP contribution in [0, 0.1) is 0 Å². The Morgan fingerprint density at radius 2 is 1.74 bits per heavy atom. The summed E-state index contributed by atoms with van der Waals surface area (Å²) in [5.74, 6) is -1.86. The molecular formula is C26H34O9. The molecule has 0 heterocycles. The van der Waals surface area contributed by atoms with Gasteiger partial charge in [0.15, 0.2) is 0 Å². The van der Waals surface area contributed by atoms with Gasteiger partial charge in [-0.05, 0) is 25.0 Å². The van der Waals surface area contributed by atoms with Crippen LogP contribution in [0.15, 0.2) is 67.8 Å². The zero-order chi connectivity index (χ0) is 25.9. The first kappa shape index (κ1) is 29.8. The predicted octanol–water partition coefficient (Wildman–Crippen LogP) is 3.46. The summed E-state index contributed by atoms with van der Waals surface area (Å²) in [6, 6.07) is 8.82. The molecular weight excluding hydrogens is 456 g/mol. The fourth-order valence-electron chi connectivity index (χ4n) is 2.70. The van der Waals surface area contributed by atoms with Gasteiger partial charge < -0.3 is 28.4 Å². The second kappa shape index (κ2) is 18.1. The maximum Gasteiger partial charge on any atom is 0.330 e. The van der Waals surface area contributed by atoms with E-state index in [0.29, 0.717) is 25.2 Å². The lowest BCUT2D eigenvalue weighted by molar-refractivity contribution is -0.165. The summed E-state index contributed by atoms with van der Waals surface area (Å²) >= 11 is 0. The van der Waals surface area contributed by atoms with Crippen molar-refractivity contribution in [1.82, 2.24) is 0 Å². The molecule has 192 valence electrons. The first-order valence-corrected chi connectivity index (χ1v) is 11.1. The Balaban J connectivity index is 2.81. The van der Waals surface area contributed by atoms with Crippen molar-refractivity contribution in [2.24, 2.45) is 0 Å². The molecule has 0 aliphatic rings. The zero-order valence-corrected chi connectivity index (χ0v) is 20.3. The van der Waals surface area contributed by atoms with E-state index in [-0.39, 0.29) is 19.8 Å². The van der Waals surface area contributed by atoms with Gasteiger partial charge in [-0.2, -0.15) is 0 Å². The number of esters is 3. The minimum absolute atomic E-state index is 0.116. The van der Waals surface area contributed by atoms with E-state index in [9.17, 15) is 14.4 Å². The molecule has 9 nitrogen and oxygen atoms in total. The van der Waals surface area contributed by atoms with Gasteiger partial charge in [-0.1, -0.05) is 43.0 Å². The Hall–Kier alpha value is -3.27. The average Bonchev–Trinajstić information content (AvgIpc) is 2.85. The van der Waals surface area contributed by atoms with Crippen molar-refractivity contribution in [2.75, 3.05) is 33.7 Å². The molecule has 1 rings (SSSR count). The van der Waals surface area contributed by atoms with E-state index in [4.69, 9.17) is 28.4 Å². The second-order valence-electron chi connectivity index (χ2n) is 7.19. The molecule has 0 amide bonds.